The summed E-state index contributed by atoms with van der Waals surface area (Å²) in [6.45, 7) is 0. The zero-order valence-corrected chi connectivity index (χ0v) is 8.83. The maximum Gasteiger partial charge on any atom is 0.232 e. The number of anilines is 2. The normalized spacial score (nSPS) is 9.50. The van der Waals surface area contributed by atoms with E-state index in [2.05, 4.69) is 9.97 Å². The van der Waals surface area contributed by atoms with Crippen molar-refractivity contribution in [2.75, 3.05) is 11.9 Å². The lowest BCUT2D eigenvalue weighted by atomic mass is 10.3. The van der Waals surface area contributed by atoms with E-state index in [0.29, 0.717) is 0 Å². The monoisotopic (exact) mass is 210 g/mol. The highest BCUT2D eigenvalue weighted by molar-refractivity contribution is 5.60. The first-order valence-corrected chi connectivity index (χ1v) is 4.82. The molecule has 0 bridgehead atoms. The molecule has 2 aromatic rings. The van der Waals surface area contributed by atoms with E-state index in [-0.39, 0.29) is 5.82 Å². The van der Waals surface area contributed by atoms with Gasteiger partial charge in [0, 0.05) is 12.7 Å². The van der Waals surface area contributed by atoms with Crippen LogP contribution in [0.5, 0.6) is 0 Å². The van der Waals surface area contributed by atoms with Crippen LogP contribution in [-0.2, 0) is 0 Å². The molecule has 0 aliphatic carbocycles. The van der Waals surface area contributed by atoms with Crippen molar-refractivity contribution >= 4 is 11.4 Å². The van der Waals surface area contributed by atoms with Gasteiger partial charge >= 0.3 is 0 Å². The van der Waals surface area contributed by atoms with Crippen molar-refractivity contribution in [3.8, 4) is 6.07 Å². The molecule has 1 aromatic heterocycles. The molecule has 2 rings (SSSR count). The fourth-order valence-corrected chi connectivity index (χ4v) is 1.35. The minimum absolute atomic E-state index is 0.185. The van der Waals surface area contributed by atoms with Gasteiger partial charge in [-0.1, -0.05) is 18.2 Å². The lowest BCUT2D eigenvalue weighted by Gasteiger charge is -2.18. The van der Waals surface area contributed by atoms with E-state index in [4.69, 9.17) is 5.26 Å². The van der Waals surface area contributed by atoms with Crippen LogP contribution in [0, 0.1) is 11.3 Å². The number of nitrogens with zero attached hydrogens (tertiary/aromatic N) is 4. The largest absolute Gasteiger partial charge is 0.342 e. The van der Waals surface area contributed by atoms with Crippen LogP contribution in [0.25, 0.3) is 0 Å². The molecule has 0 aliphatic rings. The third kappa shape index (κ3) is 1.98. The minimum Gasteiger partial charge on any atom is -0.342 e. The molecule has 1 aromatic carbocycles. The summed E-state index contributed by atoms with van der Waals surface area (Å²) in [5.74, 6) is 0.185. The molecule has 0 unspecified atom stereocenters. The van der Waals surface area contributed by atoms with Crippen molar-refractivity contribution < 1.29 is 0 Å². The molecule has 0 amide bonds. The molecular weight excluding hydrogens is 200 g/mol. The molecule has 16 heavy (non-hydrogen) atoms. The van der Waals surface area contributed by atoms with Crippen molar-refractivity contribution in [1.82, 2.24) is 9.97 Å². The predicted molar refractivity (Wildman–Crippen MR) is 61.3 cm³/mol. The first-order valence-electron chi connectivity index (χ1n) is 4.82. The molecule has 0 N–H and O–H groups in total. The Balaban J connectivity index is 2.28. The van der Waals surface area contributed by atoms with Crippen LogP contribution in [0.1, 0.15) is 5.82 Å². The van der Waals surface area contributed by atoms with Crippen LogP contribution in [0.2, 0.25) is 0 Å². The van der Waals surface area contributed by atoms with Crippen LogP contribution in [-0.4, -0.2) is 17.0 Å². The molecular formula is C12H10N4. The Kier molecular flexibility index (Phi) is 2.79. The van der Waals surface area contributed by atoms with Gasteiger partial charge < -0.3 is 4.90 Å². The smallest absolute Gasteiger partial charge is 0.232 e. The molecule has 0 saturated heterocycles. The Bertz CT molecular complexity index is 499. The van der Waals surface area contributed by atoms with Gasteiger partial charge in [-0.2, -0.15) is 5.26 Å². The van der Waals surface area contributed by atoms with Crippen molar-refractivity contribution in [2.45, 2.75) is 0 Å². The molecule has 0 aliphatic heterocycles. The SMILES string of the molecule is CN(c1ccccc1)c1cnc(C#N)nc1. The fraction of sp³-hybridized carbons (Fsp3) is 0.0833. The van der Waals surface area contributed by atoms with E-state index in [0.717, 1.165) is 11.4 Å². The van der Waals surface area contributed by atoms with Gasteiger partial charge in [0.05, 0.1) is 18.1 Å². The maximum atomic E-state index is 8.60. The summed E-state index contributed by atoms with van der Waals surface area (Å²) in [6.07, 6.45) is 3.27. The third-order valence-corrected chi connectivity index (χ3v) is 2.27. The van der Waals surface area contributed by atoms with Gasteiger partial charge in [0.25, 0.3) is 0 Å². The highest BCUT2D eigenvalue weighted by Gasteiger charge is 2.04. The molecule has 4 heteroatoms. The Morgan fingerprint density at radius 1 is 1.06 bits per heavy atom. The van der Waals surface area contributed by atoms with Crippen molar-refractivity contribution in [1.29, 1.82) is 5.26 Å². The highest BCUT2D eigenvalue weighted by atomic mass is 15.1. The van der Waals surface area contributed by atoms with Gasteiger partial charge in [-0.15, -0.1) is 0 Å². The van der Waals surface area contributed by atoms with Crippen LogP contribution in [0.4, 0.5) is 11.4 Å². The molecule has 1 heterocycles. The van der Waals surface area contributed by atoms with Gasteiger partial charge in [-0.3, -0.25) is 0 Å². The van der Waals surface area contributed by atoms with Crippen molar-refractivity contribution in [3.63, 3.8) is 0 Å². The summed E-state index contributed by atoms with van der Waals surface area (Å²) >= 11 is 0. The summed E-state index contributed by atoms with van der Waals surface area (Å²) in [7, 11) is 1.93. The van der Waals surface area contributed by atoms with Gasteiger partial charge in [0.2, 0.25) is 5.82 Å². The summed E-state index contributed by atoms with van der Waals surface area (Å²) in [6, 6.07) is 11.8. The lowest BCUT2D eigenvalue weighted by Crippen LogP contribution is -2.10. The van der Waals surface area contributed by atoms with Crippen molar-refractivity contribution in [2.24, 2.45) is 0 Å². The molecule has 4 nitrogen and oxygen atoms in total. The van der Waals surface area contributed by atoms with Gasteiger partial charge in [0.1, 0.15) is 6.07 Å². The van der Waals surface area contributed by atoms with Crippen LogP contribution >= 0.6 is 0 Å². The zero-order chi connectivity index (χ0) is 11.4. The average molecular weight is 210 g/mol. The van der Waals surface area contributed by atoms with E-state index < -0.39 is 0 Å². The Labute approximate surface area is 93.8 Å². The third-order valence-electron chi connectivity index (χ3n) is 2.27. The summed E-state index contributed by atoms with van der Waals surface area (Å²) in [4.78, 5) is 9.82. The van der Waals surface area contributed by atoms with E-state index in [1.54, 1.807) is 12.4 Å². The maximum absolute atomic E-state index is 8.60. The second-order valence-corrected chi connectivity index (χ2v) is 3.27. The Hall–Kier alpha value is -2.41. The molecule has 0 atom stereocenters. The first-order chi connectivity index (χ1) is 7.81. The number of rotatable bonds is 2. The van der Waals surface area contributed by atoms with E-state index in [1.807, 2.05) is 48.3 Å². The highest BCUT2D eigenvalue weighted by Crippen LogP contribution is 2.20. The zero-order valence-electron chi connectivity index (χ0n) is 8.83. The molecule has 78 valence electrons. The quantitative estimate of drug-likeness (QED) is 0.761. The summed E-state index contributed by atoms with van der Waals surface area (Å²) in [5.41, 5.74) is 1.90. The minimum atomic E-state index is 0.185. The second-order valence-electron chi connectivity index (χ2n) is 3.27. The summed E-state index contributed by atoms with van der Waals surface area (Å²) in [5, 5.41) is 8.60. The average Bonchev–Trinajstić information content (AvgIpc) is 2.39. The van der Waals surface area contributed by atoms with E-state index in [1.165, 1.54) is 0 Å². The fourth-order valence-electron chi connectivity index (χ4n) is 1.35. The van der Waals surface area contributed by atoms with Crippen molar-refractivity contribution in [3.05, 3.63) is 48.5 Å². The topological polar surface area (TPSA) is 52.8 Å². The lowest BCUT2D eigenvalue weighted by molar-refractivity contribution is 1.07. The Morgan fingerprint density at radius 3 is 2.25 bits per heavy atom. The van der Waals surface area contributed by atoms with E-state index in [9.17, 15) is 0 Å². The standard InChI is InChI=1S/C12H10N4/c1-16(10-5-3-2-4-6-10)11-8-14-12(7-13)15-9-11/h2-6,8-9H,1H3. The number of benzene rings is 1. The van der Waals surface area contributed by atoms with E-state index >= 15 is 0 Å². The molecule has 0 spiro atoms. The van der Waals surface area contributed by atoms with Gasteiger partial charge in [-0.05, 0) is 12.1 Å². The molecule has 0 saturated carbocycles. The number of para-hydroxylation sites is 1. The summed E-state index contributed by atoms with van der Waals surface area (Å²) < 4.78 is 0. The number of nitriles is 1. The predicted octanol–water partition coefficient (Wildman–Crippen LogP) is 2.12. The van der Waals surface area contributed by atoms with Gasteiger partial charge in [0.15, 0.2) is 0 Å². The first kappa shape index (κ1) is 10.1. The van der Waals surface area contributed by atoms with Gasteiger partial charge in [-0.25, -0.2) is 9.97 Å². The van der Waals surface area contributed by atoms with Crippen LogP contribution < -0.4 is 4.90 Å². The number of aromatic nitrogens is 2. The second kappa shape index (κ2) is 4.41. The van der Waals surface area contributed by atoms with Crippen LogP contribution in [0.3, 0.4) is 0 Å². The Morgan fingerprint density at radius 2 is 1.69 bits per heavy atom. The molecule has 0 radical (unpaired) electrons. The van der Waals surface area contributed by atoms with Crippen LogP contribution in [0.15, 0.2) is 42.7 Å². The number of hydrogen-bond acceptors (Lipinski definition) is 4. The number of hydrogen-bond donors (Lipinski definition) is 0. The molecule has 0 fully saturated rings.